The van der Waals surface area contributed by atoms with Crippen LogP contribution in [0.2, 0.25) is 0 Å². The Bertz CT molecular complexity index is 623. The maximum Gasteiger partial charge on any atom is 0.228 e. The second-order valence-electron chi connectivity index (χ2n) is 7.01. The van der Waals surface area contributed by atoms with Crippen molar-refractivity contribution in [2.45, 2.75) is 33.2 Å². The average molecular weight is 330 g/mol. The normalized spacial score (nSPS) is 21.8. The summed E-state index contributed by atoms with van der Waals surface area (Å²) in [6, 6.07) is 4.26. The first-order valence-electron chi connectivity index (χ1n) is 8.71. The molecule has 1 unspecified atom stereocenters. The molecule has 6 heteroatoms. The Balaban J connectivity index is 1.57. The molecule has 24 heavy (non-hydrogen) atoms. The van der Waals surface area contributed by atoms with Crippen molar-refractivity contribution in [2.24, 2.45) is 5.92 Å². The van der Waals surface area contributed by atoms with Crippen molar-refractivity contribution < 1.29 is 9.59 Å². The van der Waals surface area contributed by atoms with Crippen molar-refractivity contribution in [3.8, 4) is 0 Å². The van der Waals surface area contributed by atoms with Crippen molar-refractivity contribution in [2.75, 3.05) is 37.6 Å². The van der Waals surface area contributed by atoms with Crippen LogP contribution in [0.3, 0.4) is 0 Å². The summed E-state index contributed by atoms with van der Waals surface area (Å²) in [7, 11) is 0. The Kier molecular flexibility index (Phi) is 4.73. The molecule has 130 valence electrons. The number of hydrogen-bond donors (Lipinski definition) is 0. The fourth-order valence-corrected chi connectivity index (χ4v) is 3.57. The minimum absolute atomic E-state index is 0.106. The number of nitrogens with zero attached hydrogens (tertiary/aromatic N) is 4. The van der Waals surface area contributed by atoms with E-state index < -0.39 is 0 Å². The van der Waals surface area contributed by atoms with Gasteiger partial charge in [-0.15, -0.1) is 0 Å². The van der Waals surface area contributed by atoms with Crippen LogP contribution in [-0.2, 0) is 9.59 Å². The number of carbonyl (C=O) groups is 2. The molecule has 3 heterocycles. The third kappa shape index (κ3) is 3.37. The van der Waals surface area contributed by atoms with Gasteiger partial charge in [0.2, 0.25) is 11.8 Å². The van der Waals surface area contributed by atoms with Gasteiger partial charge in [-0.05, 0) is 32.9 Å². The van der Waals surface area contributed by atoms with Crippen LogP contribution >= 0.6 is 0 Å². The Morgan fingerprint density at radius 2 is 1.96 bits per heavy atom. The fraction of sp³-hybridized carbons (Fsp3) is 0.611. The number of amides is 2. The van der Waals surface area contributed by atoms with Crippen molar-refractivity contribution in [3.05, 3.63) is 24.0 Å². The molecule has 6 nitrogen and oxygen atoms in total. The summed E-state index contributed by atoms with van der Waals surface area (Å²) in [5, 5.41) is 0. The van der Waals surface area contributed by atoms with Crippen LogP contribution in [0.5, 0.6) is 0 Å². The molecule has 0 radical (unpaired) electrons. The standard InChI is InChI=1S/C18H26N4O2/c1-13(2)22-12-15(11-17(22)23)18(24)21-8-6-20(7-9-21)16-4-5-19-14(3)10-16/h4-5,10,13,15H,6-9,11-12H2,1-3H3. The highest BCUT2D eigenvalue weighted by Gasteiger charge is 2.38. The number of piperazine rings is 1. The first kappa shape index (κ1) is 16.7. The van der Waals surface area contributed by atoms with Crippen LogP contribution in [-0.4, -0.2) is 65.4 Å². The van der Waals surface area contributed by atoms with Gasteiger partial charge in [0.1, 0.15) is 0 Å². The van der Waals surface area contributed by atoms with E-state index in [4.69, 9.17) is 0 Å². The summed E-state index contributed by atoms with van der Waals surface area (Å²) >= 11 is 0. The second kappa shape index (κ2) is 6.79. The number of aromatic nitrogens is 1. The van der Waals surface area contributed by atoms with E-state index in [1.807, 2.05) is 42.8 Å². The Morgan fingerprint density at radius 3 is 2.54 bits per heavy atom. The summed E-state index contributed by atoms with van der Waals surface area (Å²) in [6.45, 7) is 9.63. The molecule has 2 aliphatic heterocycles. The van der Waals surface area contributed by atoms with E-state index in [0.29, 0.717) is 26.1 Å². The first-order chi connectivity index (χ1) is 11.5. The number of carbonyl (C=O) groups excluding carboxylic acids is 2. The lowest BCUT2D eigenvalue weighted by atomic mass is 10.1. The Labute approximate surface area is 143 Å². The highest BCUT2D eigenvalue weighted by molar-refractivity contribution is 5.89. The van der Waals surface area contributed by atoms with Gasteiger partial charge in [-0.3, -0.25) is 14.6 Å². The third-order valence-electron chi connectivity index (χ3n) is 4.97. The molecule has 0 saturated carbocycles. The van der Waals surface area contributed by atoms with Crippen LogP contribution < -0.4 is 4.90 Å². The predicted octanol–water partition coefficient (Wildman–Crippen LogP) is 1.30. The molecule has 0 bridgehead atoms. The van der Waals surface area contributed by atoms with E-state index in [0.717, 1.165) is 24.5 Å². The highest BCUT2D eigenvalue weighted by Crippen LogP contribution is 2.23. The molecule has 2 amide bonds. The molecule has 2 aliphatic rings. The molecule has 0 aliphatic carbocycles. The molecule has 2 fully saturated rings. The lowest BCUT2D eigenvalue weighted by Gasteiger charge is -2.37. The fourth-order valence-electron chi connectivity index (χ4n) is 3.57. The molecule has 0 aromatic carbocycles. The van der Waals surface area contributed by atoms with Gasteiger partial charge in [0, 0.05) is 62.8 Å². The van der Waals surface area contributed by atoms with E-state index in [9.17, 15) is 9.59 Å². The van der Waals surface area contributed by atoms with E-state index >= 15 is 0 Å². The minimum atomic E-state index is -0.172. The van der Waals surface area contributed by atoms with Crippen LogP contribution in [0.25, 0.3) is 0 Å². The van der Waals surface area contributed by atoms with Gasteiger partial charge >= 0.3 is 0 Å². The van der Waals surface area contributed by atoms with E-state index in [1.165, 1.54) is 0 Å². The summed E-state index contributed by atoms with van der Waals surface area (Å²) in [5.41, 5.74) is 2.17. The molecule has 0 spiro atoms. The summed E-state index contributed by atoms with van der Waals surface area (Å²) in [4.78, 5) is 35.0. The molecule has 0 N–H and O–H groups in total. The zero-order valence-corrected chi connectivity index (χ0v) is 14.7. The molecule has 1 aromatic heterocycles. The number of likely N-dealkylation sites (tertiary alicyclic amines) is 1. The van der Waals surface area contributed by atoms with Gasteiger partial charge in [-0.2, -0.15) is 0 Å². The zero-order chi connectivity index (χ0) is 17.3. The Hall–Kier alpha value is -2.11. The van der Waals surface area contributed by atoms with E-state index in [1.54, 1.807) is 0 Å². The average Bonchev–Trinajstić information content (AvgIpc) is 2.96. The lowest BCUT2D eigenvalue weighted by Crippen LogP contribution is -2.50. The van der Waals surface area contributed by atoms with Gasteiger partial charge in [0.15, 0.2) is 0 Å². The van der Waals surface area contributed by atoms with Crippen molar-refractivity contribution in [1.29, 1.82) is 0 Å². The van der Waals surface area contributed by atoms with E-state index in [2.05, 4.69) is 16.0 Å². The van der Waals surface area contributed by atoms with Crippen LogP contribution in [0.15, 0.2) is 18.3 Å². The molecule has 1 atom stereocenters. The quantitative estimate of drug-likeness (QED) is 0.838. The van der Waals surface area contributed by atoms with Crippen LogP contribution in [0.4, 0.5) is 5.69 Å². The van der Waals surface area contributed by atoms with Gasteiger partial charge < -0.3 is 14.7 Å². The van der Waals surface area contributed by atoms with Crippen LogP contribution in [0, 0.1) is 12.8 Å². The number of hydrogen-bond acceptors (Lipinski definition) is 4. The molecule has 3 rings (SSSR count). The molecular formula is C18H26N4O2. The summed E-state index contributed by atoms with van der Waals surface area (Å²) in [6.07, 6.45) is 2.19. The maximum absolute atomic E-state index is 12.7. The maximum atomic E-state index is 12.7. The SMILES string of the molecule is Cc1cc(N2CCN(C(=O)C3CC(=O)N(C(C)C)C3)CC2)ccn1. The largest absolute Gasteiger partial charge is 0.368 e. The number of anilines is 1. The molecule has 2 saturated heterocycles. The smallest absolute Gasteiger partial charge is 0.228 e. The highest BCUT2D eigenvalue weighted by atomic mass is 16.2. The third-order valence-corrected chi connectivity index (χ3v) is 4.97. The first-order valence-corrected chi connectivity index (χ1v) is 8.71. The van der Waals surface area contributed by atoms with Crippen LogP contribution in [0.1, 0.15) is 26.0 Å². The van der Waals surface area contributed by atoms with Crippen molar-refractivity contribution >= 4 is 17.5 Å². The van der Waals surface area contributed by atoms with Gasteiger partial charge in [0.25, 0.3) is 0 Å². The lowest BCUT2D eigenvalue weighted by molar-refractivity contribution is -0.136. The molecule has 1 aromatic rings. The number of pyridine rings is 1. The monoisotopic (exact) mass is 330 g/mol. The van der Waals surface area contributed by atoms with Gasteiger partial charge in [0.05, 0.1) is 5.92 Å². The summed E-state index contributed by atoms with van der Waals surface area (Å²) in [5.74, 6) is 0.0703. The van der Waals surface area contributed by atoms with Gasteiger partial charge in [-0.1, -0.05) is 0 Å². The van der Waals surface area contributed by atoms with E-state index in [-0.39, 0.29) is 23.8 Å². The number of aryl methyl sites for hydroxylation is 1. The van der Waals surface area contributed by atoms with Crippen molar-refractivity contribution in [1.82, 2.24) is 14.8 Å². The minimum Gasteiger partial charge on any atom is -0.368 e. The zero-order valence-electron chi connectivity index (χ0n) is 14.7. The second-order valence-corrected chi connectivity index (χ2v) is 7.01. The topological polar surface area (TPSA) is 56.8 Å². The molecular weight excluding hydrogens is 304 g/mol. The Morgan fingerprint density at radius 1 is 1.25 bits per heavy atom. The number of rotatable bonds is 3. The predicted molar refractivity (Wildman–Crippen MR) is 92.7 cm³/mol. The summed E-state index contributed by atoms with van der Waals surface area (Å²) < 4.78 is 0. The van der Waals surface area contributed by atoms with Crippen molar-refractivity contribution in [3.63, 3.8) is 0 Å². The van der Waals surface area contributed by atoms with Gasteiger partial charge in [-0.25, -0.2) is 0 Å².